The number of aromatic nitrogens is 2. The topological polar surface area (TPSA) is 59.8 Å². The van der Waals surface area contributed by atoms with Gasteiger partial charge in [-0.3, -0.25) is 4.90 Å². The van der Waals surface area contributed by atoms with Crippen LogP contribution in [0.15, 0.2) is 54.6 Å². The Hall–Kier alpha value is -2.74. The fourth-order valence-corrected chi connectivity index (χ4v) is 3.99. The summed E-state index contributed by atoms with van der Waals surface area (Å²) in [5, 5.41) is 15.5. The Balaban J connectivity index is 1.63. The van der Waals surface area contributed by atoms with Crippen LogP contribution in [0.1, 0.15) is 44.9 Å². The molecule has 0 saturated heterocycles. The van der Waals surface area contributed by atoms with Crippen molar-refractivity contribution in [2.45, 2.75) is 58.8 Å². The van der Waals surface area contributed by atoms with Crippen molar-refractivity contribution in [1.29, 1.82) is 0 Å². The van der Waals surface area contributed by atoms with Crippen LogP contribution in [0.25, 0.3) is 5.69 Å². The molecule has 1 N–H and O–H groups in total. The van der Waals surface area contributed by atoms with Gasteiger partial charge in [0.05, 0.1) is 35.3 Å². The van der Waals surface area contributed by atoms with Crippen LogP contribution in [-0.4, -0.2) is 51.2 Å². The van der Waals surface area contributed by atoms with Crippen molar-refractivity contribution in [3.05, 3.63) is 71.7 Å². The Morgan fingerprint density at radius 2 is 1.80 bits per heavy atom. The molecule has 0 aliphatic heterocycles. The highest BCUT2D eigenvalue weighted by Crippen LogP contribution is 2.35. The summed E-state index contributed by atoms with van der Waals surface area (Å²) in [5.74, 6) is 0.839. The van der Waals surface area contributed by atoms with Crippen LogP contribution in [0.2, 0.25) is 0 Å². The van der Waals surface area contributed by atoms with Crippen LogP contribution >= 0.6 is 0 Å². The number of nitrogens with zero attached hydrogens (tertiary/aromatic N) is 3. The standard InChI is InChI=1S/C28H36FN3O3/c1-20-24(18-31(16-21-14-15-21)17-23(33)19-34-28(2,3)4)27(35-26-13-9-8-12-25(26)29)32(30-20)22-10-6-5-7-11-22/h5-13,21,23,33H,14-19H2,1-4H3/t23-/m1/s1. The molecule has 1 aliphatic rings. The zero-order valence-electron chi connectivity index (χ0n) is 21.1. The minimum absolute atomic E-state index is 0.151. The van der Waals surface area contributed by atoms with Crippen molar-refractivity contribution < 1.29 is 19.0 Å². The van der Waals surface area contributed by atoms with Gasteiger partial charge in [0.1, 0.15) is 0 Å². The quantitative estimate of drug-likeness (QED) is 0.392. The minimum atomic E-state index is -0.617. The Morgan fingerprint density at radius 3 is 2.46 bits per heavy atom. The number of rotatable bonds is 11. The smallest absolute Gasteiger partial charge is 0.227 e. The SMILES string of the molecule is Cc1nn(-c2ccccc2)c(Oc2ccccc2F)c1CN(CC1CC1)C[C@@H](O)COC(C)(C)C. The zero-order chi connectivity index (χ0) is 25.0. The van der Waals surface area contributed by atoms with E-state index in [1.54, 1.807) is 22.9 Å². The first-order chi connectivity index (χ1) is 16.7. The largest absolute Gasteiger partial charge is 0.435 e. The Bertz CT molecular complexity index is 1110. The Labute approximate surface area is 207 Å². The normalized spacial score (nSPS) is 14.9. The van der Waals surface area contributed by atoms with Gasteiger partial charge in [0.15, 0.2) is 11.6 Å². The van der Waals surface area contributed by atoms with E-state index in [1.807, 2.05) is 58.0 Å². The van der Waals surface area contributed by atoms with Crippen LogP contribution in [0.5, 0.6) is 11.6 Å². The van der Waals surface area contributed by atoms with Gasteiger partial charge in [-0.25, -0.2) is 9.07 Å². The second-order valence-corrected chi connectivity index (χ2v) is 10.4. The van der Waals surface area contributed by atoms with Gasteiger partial charge in [-0.1, -0.05) is 30.3 Å². The van der Waals surface area contributed by atoms with Crippen molar-refractivity contribution in [2.75, 3.05) is 19.7 Å². The molecular weight excluding hydrogens is 445 g/mol. The van der Waals surface area contributed by atoms with Crippen molar-refractivity contribution in [3.8, 4) is 17.3 Å². The van der Waals surface area contributed by atoms with Gasteiger partial charge in [0.25, 0.3) is 0 Å². The highest BCUT2D eigenvalue weighted by molar-refractivity contribution is 5.43. The van der Waals surface area contributed by atoms with E-state index in [0.717, 1.165) is 23.5 Å². The van der Waals surface area contributed by atoms with Crippen LogP contribution in [0.3, 0.4) is 0 Å². The third kappa shape index (κ3) is 7.13. The summed E-state index contributed by atoms with van der Waals surface area (Å²) in [6.45, 7) is 10.0. The van der Waals surface area contributed by atoms with E-state index in [1.165, 1.54) is 18.9 Å². The number of hydrogen-bond acceptors (Lipinski definition) is 5. The van der Waals surface area contributed by atoms with E-state index < -0.39 is 11.9 Å². The molecule has 188 valence electrons. The molecule has 1 saturated carbocycles. The summed E-state index contributed by atoms with van der Waals surface area (Å²) in [5.41, 5.74) is 2.21. The minimum Gasteiger partial charge on any atom is -0.435 e. The highest BCUT2D eigenvalue weighted by atomic mass is 19.1. The molecule has 3 aromatic rings. The Kier molecular flexibility index (Phi) is 7.89. The van der Waals surface area contributed by atoms with Gasteiger partial charge >= 0.3 is 0 Å². The zero-order valence-corrected chi connectivity index (χ0v) is 21.1. The lowest BCUT2D eigenvalue weighted by atomic mass is 10.2. The summed E-state index contributed by atoms with van der Waals surface area (Å²) in [4.78, 5) is 2.24. The van der Waals surface area contributed by atoms with Crippen LogP contribution in [0.4, 0.5) is 4.39 Å². The fraction of sp³-hybridized carbons (Fsp3) is 0.464. The van der Waals surface area contributed by atoms with E-state index >= 15 is 0 Å². The first-order valence-corrected chi connectivity index (χ1v) is 12.3. The molecule has 2 aromatic carbocycles. The monoisotopic (exact) mass is 481 g/mol. The first kappa shape index (κ1) is 25.4. The molecule has 1 aliphatic carbocycles. The molecule has 6 nitrogen and oxygen atoms in total. The summed E-state index contributed by atoms with van der Waals surface area (Å²) in [6, 6.07) is 16.1. The number of benzene rings is 2. The van der Waals surface area contributed by atoms with Crippen molar-refractivity contribution >= 4 is 0 Å². The second-order valence-electron chi connectivity index (χ2n) is 10.4. The molecule has 7 heteroatoms. The molecule has 0 radical (unpaired) electrons. The van der Waals surface area contributed by atoms with E-state index in [2.05, 4.69) is 4.90 Å². The predicted molar refractivity (Wildman–Crippen MR) is 134 cm³/mol. The van der Waals surface area contributed by atoms with Crippen LogP contribution in [0, 0.1) is 18.7 Å². The molecule has 1 atom stereocenters. The molecular formula is C28H36FN3O3. The first-order valence-electron chi connectivity index (χ1n) is 12.3. The Morgan fingerprint density at radius 1 is 1.11 bits per heavy atom. The molecule has 1 heterocycles. The molecule has 0 spiro atoms. The lowest BCUT2D eigenvalue weighted by Crippen LogP contribution is -2.37. The molecule has 0 bridgehead atoms. The maximum atomic E-state index is 14.5. The average Bonchev–Trinajstić information content (AvgIpc) is 3.58. The predicted octanol–water partition coefficient (Wildman–Crippen LogP) is 5.50. The number of aryl methyl sites for hydroxylation is 1. The molecule has 35 heavy (non-hydrogen) atoms. The number of hydrogen-bond donors (Lipinski definition) is 1. The second kappa shape index (κ2) is 10.9. The van der Waals surface area contributed by atoms with Crippen LogP contribution in [-0.2, 0) is 11.3 Å². The summed E-state index contributed by atoms with van der Waals surface area (Å²) in [6.07, 6.45) is 1.78. The third-order valence-electron chi connectivity index (χ3n) is 5.95. The van der Waals surface area contributed by atoms with E-state index in [4.69, 9.17) is 14.6 Å². The molecule has 1 aromatic heterocycles. The van der Waals surface area contributed by atoms with Gasteiger partial charge < -0.3 is 14.6 Å². The third-order valence-corrected chi connectivity index (χ3v) is 5.95. The number of para-hydroxylation sites is 2. The van der Waals surface area contributed by atoms with E-state index in [-0.39, 0.29) is 18.0 Å². The number of aliphatic hydroxyl groups excluding tert-OH is 1. The summed E-state index contributed by atoms with van der Waals surface area (Å²) in [7, 11) is 0. The van der Waals surface area contributed by atoms with E-state index in [0.29, 0.717) is 24.9 Å². The fourth-order valence-electron chi connectivity index (χ4n) is 3.99. The van der Waals surface area contributed by atoms with Crippen molar-refractivity contribution in [2.24, 2.45) is 5.92 Å². The summed E-state index contributed by atoms with van der Waals surface area (Å²) >= 11 is 0. The van der Waals surface area contributed by atoms with Gasteiger partial charge in [-0.05, 0) is 70.7 Å². The number of ether oxygens (including phenoxy) is 2. The van der Waals surface area contributed by atoms with Crippen LogP contribution < -0.4 is 4.74 Å². The maximum Gasteiger partial charge on any atom is 0.227 e. The molecule has 4 rings (SSSR count). The molecule has 1 fully saturated rings. The van der Waals surface area contributed by atoms with Gasteiger partial charge in [0, 0.05) is 19.6 Å². The maximum absolute atomic E-state index is 14.5. The van der Waals surface area contributed by atoms with Gasteiger partial charge in [0.2, 0.25) is 5.88 Å². The highest BCUT2D eigenvalue weighted by Gasteiger charge is 2.29. The van der Waals surface area contributed by atoms with E-state index in [9.17, 15) is 9.50 Å². The summed E-state index contributed by atoms with van der Waals surface area (Å²) < 4.78 is 28.2. The molecule has 0 unspecified atom stereocenters. The van der Waals surface area contributed by atoms with Crippen molar-refractivity contribution in [1.82, 2.24) is 14.7 Å². The van der Waals surface area contributed by atoms with Gasteiger partial charge in [-0.15, -0.1) is 0 Å². The van der Waals surface area contributed by atoms with Crippen molar-refractivity contribution in [3.63, 3.8) is 0 Å². The lowest BCUT2D eigenvalue weighted by Gasteiger charge is -2.27. The average molecular weight is 482 g/mol. The molecule has 0 amide bonds. The number of aliphatic hydroxyl groups is 1. The van der Waals surface area contributed by atoms with Gasteiger partial charge in [-0.2, -0.15) is 5.10 Å². The number of halogens is 1. The lowest BCUT2D eigenvalue weighted by molar-refractivity contribution is -0.0569.